The van der Waals surface area contributed by atoms with Gasteiger partial charge in [-0.2, -0.15) is 0 Å². The first-order valence-corrected chi connectivity index (χ1v) is 11.5. The van der Waals surface area contributed by atoms with Gasteiger partial charge in [0.15, 0.2) is 5.78 Å². The van der Waals surface area contributed by atoms with Gasteiger partial charge in [-0.25, -0.2) is 4.79 Å². The van der Waals surface area contributed by atoms with Crippen LogP contribution in [0.25, 0.3) is 0 Å². The number of esters is 1. The van der Waals surface area contributed by atoms with Gasteiger partial charge in [0.1, 0.15) is 11.6 Å². The molecule has 1 N–H and O–H groups in total. The van der Waals surface area contributed by atoms with Crippen molar-refractivity contribution in [3.8, 4) is 0 Å². The van der Waals surface area contributed by atoms with Crippen LogP contribution in [0, 0.1) is 5.92 Å². The van der Waals surface area contributed by atoms with Crippen LogP contribution in [-0.2, 0) is 19.1 Å². The van der Waals surface area contributed by atoms with Gasteiger partial charge in [-0.15, -0.1) is 6.58 Å². The summed E-state index contributed by atoms with van der Waals surface area (Å²) in [5.41, 5.74) is 0.575. The molecular weight excluding hydrogens is 420 g/mol. The standard InChI is InChI=1S/C26H36N2O5/c1-17(2)15-20(27-23(30)19-11-8-7-9-12-19)22(29)16-18(3)24(31)28-14-10-13-21(28)25(32)33-26(4,5)6/h7-9,11-12,18,20-21H,1,10,13-16H2,2-6H3,(H,27,30)/t18-,20+,21-/m0/s1. The summed E-state index contributed by atoms with van der Waals surface area (Å²) in [5, 5.41) is 2.78. The van der Waals surface area contributed by atoms with Crippen molar-refractivity contribution in [2.24, 2.45) is 5.92 Å². The highest BCUT2D eigenvalue weighted by Gasteiger charge is 2.39. The minimum atomic E-state index is -0.773. The Hall–Kier alpha value is -2.96. The molecule has 1 aromatic carbocycles. The molecule has 7 nitrogen and oxygen atoms in total. The molecule has 0 spiro atoms. The number of hydrogen-bond donors (Lipinski definition) is 1. The molecule has 0 bridgehead atoms. The predicted octanol–water partition coefficient (Wildman–Crippen LogP) is 3.68. The van der Waals surface area contributed by atoms with Crippen LogP contribution in [0.15, 0.2) is 42.5 Å². The molecule has 1 heterocycles. The smallest absolute Gasteiger partial charge is 0.329 e. The molecule has 0 saturated carbocycles. The van der Waals surface area contributed by atoms with Crippen molar-refractivity contribution in [2.75, 3.05) is 6.54 Å². The van der Waals surface area contributed by atoms with Crippen molar-refractivity contribution in [2.45, 2.75) is 78.0 Å². The fraction of sp³-hybridized carbons (Fsp3) is 0.538. The molecule has 1 aliphatic heterocycles. The summed E-state index contributed by atoms with van der Waals surface area (Å²) in [6.07, 6.45) is 1.51. The number of nitrogens with zero attached hydrogens (tertiary/aromatic N) is 1. The van der Waals surface area contributed by atoms with Gasteiger partial charge in [0.2, 0.25) is 5.91 Å². The van der Waals surface area contributed by atoms with E-state index in [1.807, 2.05) is 6.07 Å². The minimum absolute atomic E-state index is 0.0383. The molecule has 33 heavy (non-hydrogen) atoms. The largest absolute Gasteiger partial charge is 0.458 e. The monoisotopic (exact) mass is 456 g/mol. The fourth-order valence-electron chi connectivity index (χ4n) is 3.88. The van der Waals surface area contributed by atoms with Gasteiger partial charge in [0.25, 0.3) is 5.91 Å². The Morgan fingerprint density at radius 2 is 1.79 bits per heavy atom. The van der Waals surface area contributed by atoms with Crippen molar-refractivity contribution >= 4 is 23.6 Å². The molecular formula is C26H36N2O5. The number of carbonyl (C=O) groups excluding carboxylic acids is 4. The average molecular weight is 457 g/mol. The number of amides is 2. The molecule has 3 atom stereocenters. The summed E-state index contributed by atoms with van der Waals surface area (Å²) < 4.78 is 5.47. The van der Waals surface area contributed by atoms with Crippen LogP contribution in [0.3, 0.4) is 0 Å². The maximum atomic E-state index is 13.1. The zero-order valence-electron chi connectivity index (χ0n) is 20.3. The Kier molecular flexibility index (Phi) is 8.97. The van der Waals surface area contributed by atoms with E-state index < -0.39 is 29.6 Å². The Bertz CT molecular complexity index is 888. The lowest BCUT2D eigenvalue weighted by molar-refractivity contribution is -0.163. The van der Waals surface area contributed by atoms with Crippen LogP contribution in [-0.4, -0.2) is 52.7 Å². The second-order valence-electron chi connectivity index (χ2n) is 9.85. The van der Waals surface area contributed by atoms with Crippen LogP contribution < -0.4 is 5.32 Å². The van der Waals surface area contributed by atoms with E-state index in [9.17, 15) is 19.2 Å². The molecule has 0 radical (unpaired) electrons. The van der Waals surface area contributed by atoms with E-state index in [1.165, 1.54) is 4.90 Å². The normalized spacial score (nSPS) is 17.7. The van der Waals surface area contributed by atoms with E-state index in [4.69, 9.17) is 4.74 Å². The number of carbonyl (C=O) groups is 4. The third-order valence-corrected chi connectivity index (χ3v) is 5.43. The summed E-state index contributed by atoms with van der Waals surface area (Å²) in [5.74, 6) is -1.88. The molecule has 1 aliphatic rings. The van der Waals surface area contributed by atoms with Crippen molar-refractivity contribution in [3.05, 3.63) is 48.0 Å². The number of nitrogens with one attached hydrogen (secondary N) is 1. The number of ether oxygens (including phenoxy) is 1. The summed E-state index contributed by atoms with van der Waals surface area (Å²) in [7, 11) is 0. The van der Waals surface area contributed by atoms with Gasteiger partial charge in [0, 0.05) is 24.4 Å². The van der Waals surface area contributed by atoms with E-state index >= 15 is 0 Å². The van der Waals surface area contributed by atoms with E-state index in [0.29, 0.717) is 31.4 Å². The van der Waals surface area contributed by atoms with Crippen molar-refractivity contribution in [1.29, 1.82) is 0 Å². The van der Waals surface area contributed by atoms with E-state index in [1.54, 1.807) is 58.9 Å². The van der Waals surface area contributed by atoms with Gasteiger partial charge in [-0.05, 0) is 59.1 Å². The van der Waals surface area contributed by atoms with Crippen molar-refractivity contribution in [1.82, 2.24) is 10.2 Å². The second-order valence-corrected chi connectivity index (χ2v) is 9.85. The van der Waals surface area contributed by atoms with Gasteiger partial charge in [-0.1, -0.05) is 30.7 Å². The maximum Gasteiger partial charge on any atom is 0.329 e. The van der Waals surface area contributed by atoms with Gasteiger partial charge in [0.05, 0.1) is 6.04 Å². The number of Topliss-reactive ketones (excluding diaryl/α,β-unsaturated/α-hetero) is 1. The molecule has 180 valence electrons. The molecule has 0 aliphatic carbocycles. The molecule has 1 fully saturated rings. The SMILES string of the molecule is C=C(C)C[C@@H](NC(=O)c1ccccc1)C(=O)C[C@H](C)C(=O)N1CCC[C@H]1C(=O)OC(C)(C)C. The number of benzene rings is 1. The quantitative estimate of drug-likeness (QED) is 0.452. The van der Waals surface area contributed by atoms with Crippen molar-refractivity contribution in [3.63, 3.8) is 0 Å². The molecule has 7 heteroatoms. The maximum absolute atomic E-state index is 13.1. The molecule has 0 unspecified atom stereocenters. The summed E-state index contributed by atoms with van der Waals surface area (Å²) >= 11 is 0. The molecule has 0 aromatic heterocycles. The molecule has 2 rings (SSSR count). The minimum Gasteiger partial charge on any atom is -0.458 e. The molecule has 1 saturated heterocycles. The van der Waals surface area contributed by atoms with E-state index in [0.717, 1.165) is 5.57 Å². The number of likely N-dealkylation sites (tertiary alicyclic amines) is 1. The van der Waals surface area contributed by atoms with E-state index in [2.05, 4.69) is 11.9 Å². The van der Waals surface area contributed by atoms with Crippen LogP contribution >= 0.6 is 0 Å². The Morgan fingerprint density at radius 1 is 1.15 bits per heavy atom. The summed E-state index contributed by atoms with van der Waals surface area (Å²) in [4.78, 5) is 52.8. The van der Waals surface area contributed by atoms with Crippen LogP contribution in [0.2, 0.25) is 0 Å². The third-order valence-electron chi connectivity index (χ3n) is 5.43. The Balaban J connectivity index is 2.05. The van der Waals surface area contributed by atoms with Crippen LogP contribution in [0.5, 0.6) is 0 Å². The zero-order valence-corrected chi connectivity index (χ0v) is 20.3. The highest BCUT2D eigenvalue weighted by Crippen LogP contribution is 2.24. The first kappa shape index (κ1) is 26.3. The lowest BCUT2D eigenvalue weighted by Gasteiger charge is -2.29. The summed E-state index contributed by atoms with van der Waals surface area (Å²) in [6, 6.07) is 7.26. The lowest BCUT2D eigenvalue weighted by atomic mass is 9.95. The Morgan fingerprint density at radius 3 is 2.36 bits per heavy atom. The Labute approximate surface area is 196 Å². The number of ketones is 1. The van der Waals surface area contributed by atoms with Gasteiger partial charge in [-0.3, -0.25) is 14.4 Å². The lowest BCUT2D eigenvalue weighted by Crippen LogP contribution is -2.47. The fourth-order valence-corrected chi connectivity index (χ4v) is 3.88. The highest BCUT2D eigenvalue weighted by atomic mass is 16.6. The van der Waals surface area contributed by atoms with E-state index in [-0.39, 0.29) is 24.0 Å². The van der Waals surface area contributed by atoms with Crippen LogP contribution in [0.4, 0.5) is 0 Å². The molecule has 1 aromatic rings. The number of hydrogen-bond acceptors (Lipinski definition) is 5. The second kappa shape index (κ2) is 11.3. The first-order chi connectivity index (χ1) is 15.4. The zero-order chi connectivity index (χ0) is 24.8. The highest BCUT2D eigenvalue weighted by molar-refractivity contribution is 5.99. The van der Waals surface area contributed by atoms with Crippen molar-refractivity contribution < 1.29 is 23.9 Å². The van der Waals surface area contributed by atoms with Crippen LogP contribution in [0.1, 0.15) is 70.7 Å². The predicted molar refractivity (Wildman–Crippen MR) is 126 cm³/mol. The number of rotatable bonds is 9. The first-order valence-electron chi connectivity index (χ1n) is 11.5. The molecule has 2 amide bonds. The third kappa shape index (κ3) is 7.84. The summed E-state index contributed by atoms with van der Waals surface area (Å²) in [6.45, 7) is 13.2. The average Bonchev–Trinajstić information content (AvgIpc) is 3.21. The topological polar surface area (TPSA) is 92.8 Å². The van der Waals surface area contributed by atoms with Gasteiger partial charge < -0.3 is 15.0 Å². The van der Waals surface area contributed by atoms with Gasteiger partial charge >= 0.3 is 5.97 Å².